The number of amides is 1. The Hall–Kier alpha value is -1.68. The molecule has 2 aliphatic rings. The van der Waals surface area contributed by atoms with Crippen LogP contribution in [0, 0.1) is 5.92 Å². The Bertz CT molecular complexity index is 511. The Kier molecular flexibility index (Phi) is 2.10. The lowest BCUT2D eigenvalue weighted by Crippen LogP contribution is -2.71. The van der Waals surface area contributed by atoms with Crippen molar-refractivity contribution in [2.75, 3.05) is 12.0 Å². The number of methoxy groups -OCH3 is 1. The smallest absolute Gasteiger partial charge is 0.258 e. The molecule has 0 radical (unpaired) electrons. The SMILES string of the molecule is COC1C(=O)N2c3ccccc3C(=O)C(C)C12. The van der Waals surface area contributed by atoms with Crippen molar-refractivity contribution in [3.05, 3.63) is 29.8 Å². The van der Waals surface area contributed by atoms with Crippen LogP contribution in [0.2, 0.25) is 0 Å². The van der Waals surface area contributed by atoms with Crippen LogP contribution in [0.4, 0.5) is 5.69 Å². The molecule has 3 rings (SSSR count). The van der Waals surface area contributed by atoms with Gasteiger partial charge in [-0.1, -0.05) is 19.1 Å². The molecule has 1 amide bonds. The van der Waals surface area contributed by atoms with Gasteiger partial charge in [0, 0.05) is 18.6 Å². The van der Waals surface area contributed by atoms with Crippen LogP contribution in [-0.4, -0.2) is 30.9 Å². The van der Waals surface area contributed by atoms with Crippen molar-refractivity contribution in [2.24, 2.45) is 5.92 Å². The number of anilines is 1. The topological polar surface area (TPSA) is 46.6 Å². The van der Waals surface area contributed by atoms with Gasteiger partial charge in [-0.25, -0.2) is 0 Å². The number of ether oxygens (including phenoxy) is 1. The molecule has 0 saturated carbocycles. The molecule has 1 fully saturated rings. The summed E-state index contributed by atoms with van der Waals surface area (Å²) in [6, 6.07) is 7.11. The van der Waals surface area contributed by atoms with E-state index in [0.29, 0.717) is 5.56 Å². The molecule has 3 atom stereocenters. The molecule has 3 unspecified atom stereocenters. The van der Waals surface area contributed by atoms with E-state index in [1.54, 1.807) is 11.0 Å². The molecule has 0 bridgehead atoms. The Labute approximate surface area is 99.2 Å². The number of benzene rings is 1. The number of para-hydroxylation sites is 1. The molecule has 0 spiro atoms. The van der Waals surface area contributed by atoms with Crippen molar-refractivity contribution in [1.82, 2.24) is 0 Å². The Balaban J connectivity index is 2.12. The van der Waals surface area contributed by atoms with Gasteiger partial charge in [0.15, 0.2) is 11.9 Å². The Morgan fingerprint density at radius 3 is 2.65 bits per heavy atom. The fraction of sp³-hybridized carbons (Fsp3) is 0.385. The van der Waals surface area contributed by atoms with Crippen LogP contribution in [0.5, 0.6) is 0 Å². The van der Waals surface area contributed by atoms with Crippen molar-refractivity contribution in [3.8, 4) is 0 Å². The summed E-state index contributed by atoms with van der Waals surface area (Å²) in [6.07, 6.45) is -0.470. The largest absolute Gasteiger partial charge is 0.369 e. The molecule has 1 saturated heterocycles. The summed E-state index contributed by atoms with van der Waals surface area (Å²) in [5.74, 6) is -0.159. The van der Waals surface area contributed by atoms with Gasteiger partial charge < -0.3 is 9.64 Å². The number of hydrogen-bond donors (Lipinski definition) is 0. The third-order valence-electron chi connectivity index (χ3n) is 3.70. The molecule has 0 N–H and O–H groups in total. The van der Waals surface area contributed by atoms with Crippen molar-refractivity contribution >= 4 is 17.4 Å². The summed E-state index contributed by atoms with van der Waals surface area (Å²) in [5, 5.41) is 0. The number of fused-ring (bicyclic) bond motifs is 3. The minimum atomic E-state index is -0.470. The van der Waals surface area contributed by atoms with Crippen molar-refractivity contribution in [1.29, 1.82) is 0 Å². The van der Waals surface area contributed by atoms with Gasteiger partial charge in [0.25, 0.3) is 5.91 Å². The third-order valence-corrected chi connectivity index (χ3v) is 3.70. The first kappa shape index (κ1) is 10.5. The lowest BCUT2D eigenvalue weighted by Gasteiger charge is -2.51. The monoisotopic (exact) mass is 231 g/mol. The lowest BCUT2D eigenvalue weighted by molar-refractivity contribution is -0.140. The third kappa shape index (κ3) is 1.16. The molecular weight excluding hydrogens is 218 g/mol. The fourth-order valence-corrected chi connectivity index (χ4v) is 2.78. The van der Waals surface area contributed by atoms with E-state index in [1.807, 2.05) is 25.1 Å². The van der Waals surface area contributed by atoms with Crippen LogP contribution >= 0.6 is 0 Å². The van der Waals surface area contributed by atoms with E-state index in [9.17, 15) is 9.59 Å². The van der Waals surface area contributed by atoms with Gasteiger partial charge in [-0.2, -0.15) is 0 Å². The number of β-lactam (4-membered cyclic amide) rings is 1. The predicted octanol–water partition coefficient (Wildman–Crippen LogP) is 1.25. The Morgan fingerprint density at radius 1 is 1.24 bits per heavy atom. The first-order valence-corrected chi connectivity index (χ1v) is 5.66. The molecule has 1 aromatic rings. The number of nitrogens with zero attached hydrogens (tertiary/aromatic N) is 1. The van der Waals surface area contributed by atoms with Gasteiger partial charge in [-0.3, -0.25) is 9.59 Å². The van der Waals surface area contributed by atoms with Gasteiger partial charge in [-0.05, 0) is 12.1 Å². The number of carbonyl (C=O) groups excluding carboxylic acids is 2. The highest BCUT2D eigenvalue weighted by Gasteiger charge is 2.56. The fourth-order valence-electron chi connectivity index (χ4n) is 2.78. The zero-order valence-corrected chi connectivity index (χ0v) is 9.71. The highest BCUT2D eigenvalue weighted by atomic mass is 16.5. The quantitative estimate of drug-likeness (QED) is 0.683. The summed E-state index contributed by atoms with van der Waals surface area (Å²) in [4.78, 5) is 25.8. The van der Waals surface area contributed by atoms with E-state index < -0.39 is 6.10 Å². The molecule has 4 nitrogen and oxygen atoms in total. The van der Waals surface area contributed by atoms with E-state index in [1.165, 1.54) is 7.11 Å². The van der Waals surface area contributed by atoms with Gasteiger partial charge in [0.05, 0.1) is 11.7 Å². The minimum absolute atomic E-state index is 0.0516. The van der Waals surface area contributed by atoms with Gasteiger partial charge in [0.1, 0.15) is 0 Å². The highest BCUT2D eigenvalue weighted by molar-refractivity contribution is 6.16. The average Bonchev–Trinajstić information content (AvgIpc) is 2.34. The van der Waals surface area contributed by atoms with Gasteiger partial charge in [-0.15, -0.1) is 0 Å². The van der Waals surface area contributed by atoms with Gasteiger partial charge in [0.2, 0.25) is 0 Å². The second-order valence-electron chi connectivity index (χ2n) is 4.53. The summed E-state index contributed by atoms with van der Waals surface area (Å²) in [7, 11) is 1.51. The van der Waals surface area contributed by atoms with E-state index >= 15 is 0 Å². The molecule has 88 valence electrons. The normalized spacial score (nSPS) is 30.7. The maximum Gasteiger partial charge on any atom is 0.258 e. The Morgan fingerprint density at radius 2 is 1.94 bits per heavy atom. The van der Waals surface area contributed by atoms with Crippen molar-refractivity contribution in [3.63, 3.8) is 0 Å². The molecule has 17 heavy (non-hydrogen) atoms. The van der Waals surface area contributed by atoms with Crippen molar-refractivity contribution in [2.45, 2.75) is 19.1 Å². The molecular formula is C13H13NO3. The standard InChI is InChI=1S/C13H13NO3/c1-7-10-12(17-2)13(16)14(10)9-6-4-3-5-8(9)11(7)15/h3-7,10,12H,1-2H3. The number of rotatable bonds is 1. The second kappa shape index (κ2) is 3.40. The van der Waals surface area contributed by atoms with Crippen LogP contribution in [-0.2, 0) is 9.53 Å². The highest BCUT2D eigenvalue weighted by Crippen LogP contribution is 2.41. The summed E-state index contributed by atoms with van der Waals surface area (Å²) in [6.45, 7) is 1.86. The maximum atomic E-state index is 12.2. The molecule has 1 aromatic carbocycles. The first-order chi connectivity index (χ1) is 8.16. The minimum Gasteiger partial charge on any atom is -0.369 e. The van der Waals surface area contributed by atoms with E-state index in [2.05, 4.69) is 0 Å². The number of hydrogen-bond acceptors (Lipinski definition) is 3. The molecule has 4 heteroatoms. The number of ketones is 1. The zero-order chi connectivity index (χ0) is 12.2. The van der Waals surface area contributed by atoms with E-state index in [4.69, 9.17) is 4.74 Å². The van der Waals surface area contributed by atoms with Crippen LogP contribution in [0.25, 0.3) is 0 Å². The van der Waals surface area contributed by atoms with E-state index in [0.717, 1.165) is 5.69 Å². The molecule has 2 heterocycles. The van der Waals surface area contributed by atoms with Crippen LogP contribution in [0.15, 0.2) is 24.3 Å². The maximum absolute atomic E-state index is 12.2. The van der Waals surface area contributed by atoms with Gasteiger partial charge >= 0.3 is 0 Å². The number of Topliss-reactive ketones (excluding diaryl/α,β-unsaturated/α-hetero) is 1. The molecule has 0 aromatic heterocycles. The van der Waals surface area contributed by atoms with Crippen LogP contribution < -0.4 is 4.90 Å². The van der Waals surface area contributed by atoms with E-state index in [-0.39, 0.29) is 23.7 Å². The van der Waals surface area contributed by atoms with Crippen LogP contribution in [0.1, 0.15) is 17.3 Å². The van der Waals surface area contributed by atoms with Crippen LogP contribution in [0.3, 0.4) is 0 Å². The number of carbonyl (C=O) groups is 2. The van der Waals surface area contributed by atoms with Crippen molar-refractivity contribution < 1.29 is 14.3 Å². The summed E-state index contributed by atoms with van der Waals surface area (Å²) >= 11 is 0. The molecule has 2 aliphatic heterocycles. The summed E-state index contributed by atoms with van der Waals surface area (Å²) in [5.41, 5.74) is 1.36. The molecule has 0 aliphatic carbocycles. The predicted molar refractivity (Wildman–Crippen MR) is 62.0 cm³/mol. The average molecular weight is 231 g/mol. The zero-order valence-electron chi connectivity index (χ0n) is 9.71. The lowest BCUT2D eigenvalue weighted by atomic mass is 9.77. The first-order valence-electron chi connectivity index (χ1n) is 5.66. The second-order valence-corrected chi connectivity index (χ2v) is 4.53. The summed E-state index contributed by atoms with van der Waals surface area (Å²) < 4.78 is 5.16.